The molecule has 1 atom stereocenters. The van der Waals surface area contributed by atoms with Crippen molar-refractivity contribution >= 4 is 29.1 Å². The van der Waals surface area contributed by atoms with E-state index in [4.69, 9.17) is 11.6 Å². The van der Waals surface area contributed by atoms with Gasteiger partial charge in [0.1, 0.15) is 0 Å². The third kappa shape index (κ3) is 3.59. The molecule has 0 radical (unpaired) electrons. The molecular weight excluding hydrogens is 302 g/mol. The second kappa shape index (κ2) is 6.67. The van der Waals surface area contributed by atoms with Crippen molar-refractivity contribution in [1.29, 1.82) is 0 Å². The molecule has 1 heterocycles. The van der Waals surface area contributed by atoms with Gasteiger partial charge in [0, 0.05) is 19.8 Å². The van der Waals surface area contributed by atoms with Gasteiger partial charge in [-0.05, 0) is 50.9 Å². The zero-order chi connectivity index (χ0) is 16.3. The van der Waals surface area contributed by atoms with Crippen LogP contribution in [0.1, 0.15) is 36.5 Å². The molecule has 0 spiro atoms. The number of nitrogens with zero attached hydrogens (tertiary/aromatic N) is 1. The molecule has 2 N–H and O–H groups in total. The fraction of sp³-hybridized carbons (Fsp3) is 0.500. The summed E-state index contributed by atoms with van der Waals surface area (Å²) in [5.74, 6) is -0.277. The Labute approximate surface area is 136 Å². The van der Waals surface area contributed by atoms with Crippen molar-refractivity contribution in [3.8, 4) is 0 Å². The van der Waals surface area contributed by atoms with Crippen molar-refractivity contribution in [2.45, 2.75) is 31.7 Å². The van der Waals surface area contributed by atoms with E-state index in [1.165, 1.54) is 4.90 Å². The number of amides is 2. The van der Waals surface area contributed by atoms with Gasteiger partial charge in [0.2, 0.25) is 5.91 Å². The molecule has 1 aliphatic rings. The summed E-state index contributed by atoms with van der Waals surface area (Å²) in [5.41, 5.74) is 0.392. The molecule has 1 saturated heterocycles. The van der Waals surface area contributed by atoms with E-state index in [9.17, 15) is 9.59 Å². The topological polar surface area (TPSA) is 61.4 Å². The van der Waals surface area contributed by atoms with Gasteiger partial charge in [0.05, 0.1) is 16.1 Å². The minimum absolute atomic E-state index is 0.0854. The Morgan fingerprint density at radius 1 is 1.32 bits per heavy atom. The smallest absolute Gasteiger partial charge is 0.254 e. The number of rotatable bonds is 3. The molecule has 1 aromatic rings. The first kappa shape index (κ1) is 16.8. The molecule has 0 bridgehead atoms. The lowest BCUT2D eigenvalue weighted by Gasteiger charge is -2.33. The molecule has 1 aliphatic heterocycles. The normalized spacial score (nSPS) is 21.3. The molecule has 2 amide bonds. The molecule has 22 heavy (non-hydrogen) atoms. The number of hydrogen-bond acceptors (Lipinski definition) is 3. The molecule has 0 saturated carbocycles. The highest BCUT2D eigenvalue weighted by Crippen LogP contribution is 2.24. The van der Waals surface area contributed by atoms with Crippen molar-refractivity contribution < 1.29 is 9.59 Å². The van der Waals surface area contributed by atoms with E-state index >= 15 is 0 Å². The van der Waals surface area contributed by atoms with Gasteiger partial charge < -0.3 is 15.5 Å². The van der Waals surface area contributed by atoms with Gasteiger partial charge in [-0.15, -0.1) is 0 Å². The van der Waals surface area contributed by atoms with E-state index in [-0.39, 0.29) is 11.8 Å². The molecule has 120 valence electrons. The molecule has 5 nitrogen and oxygen atoms in total. The van der Waals surface area contributed by atoms with E-state index in [2.05, 4.69) is 10.6 Å². The van der Waals surface area contributed by atoms with Crippen LogP contribution < -0.4 is 10.6 Å². The van der Waals surface area contributed by atoms with Crippen LogP contribution in [0, 0.1) is 0 Å². The van der Waals surface area contributed by atoms with Gasteiger partial charge in [-0.25, -0.2) is 0 Å². The number of anilines is 1. The fourth-order valence-corrected chi connectivity index (χ4v) is 2.73. The maximum Gasteiger partial charge on any atom is 0.254 e. The Morgan fingerprint density at radius 3 is 2.64 bits per heavy atom. The first-order valence-corrected chi connectivity index (χ1v) is 7.79. The second-order valence-electron chi connectivity index (χ2n) is 6.06. The number of halogens is 1. The number of benzene rings is 1. The van der Waals surface area contributed by atoms with E-state index in [1.54, 1.807) is 32.3 Å². The van der Waals surface area contributed by atoms with Gasteiger partial charge in [0.15, 0.2) is 0 Å². The number of nitrogens with one attached hydrogen (secondary N) is 2. The summed E-state index contributed by atoms with van der Waals surface area (Å²) in [6, 6.07) is 4.96. The van der Waals surface area contributed by atoms with Crippen molar-refractivity contribution in [3.63, 3.8) is 0 Å². The van der Waals surface area contributed by atoms with Crippen molar-refractivity contribution in [2.24, 2.45) is 0 Å². The van der Waals surface area contributed by atoms with Crippen molar-refractivity contribution in [1.82, 2.24) is 10.2 Å². The largest absolute Gasteiger partial charge is 0.345 e. The Hall–Kier alpha value is -1.59. The van der Waals surface area contributed by atoms with Crippen LogP contribution in [0.25, 0.3) is 0 Å². The maximum atomic E-state index is 12.5. The van der Waals surface area contributed by atoms with E-state index in [0.29, 0.717) is 16.3 Å². The first-order chi connectivity index (χ1) is 10.3. The highest BCUT2D eigenvalue weighted by Gasteiger charge is 2.34. The van der Waals surface area contributed by atoms with Crippen molar-refractivity contribution in [3.05, 3.63) is 28.8 Å². The fourth-order valence-electron chi connectivity index (χ4n) is 2.53. The van der Waals surface area contributed by atoms with Crippen LogP contribution in [0.5, 0.6) is 0 Å². The lowest BCUT2D eigenvalue weighted by Crippen LogP contribution is -2.54. The zero-order valence-electron chi connectivity index (χ0n) is 13.2. The minimum Gasteiger partial charge on any atom is -0.345 e. The third-order valence-electron chi connectivity index (χ3n) is 3.98. The molecule has 0 aromatic heterocycles. The highest BCUT2D eigenvalue weighted by molar-refractivity contribution is 6.34. The van der Waals surface area contributed by atoms with Crippen LogP contribution in [-0.4, -0.2) is 42.9 Å². The van der Waals surface area contributed by atoms with Gasteiger partial charge in [0.25, 0.3) is 5.91 Å². The average Bonchev–Trinajstić information content (AvgIpc) is 2.49. The zero-order valence-corrected chi connectivity index (χ0v) is 14.0. The van der Waals surface area contributed by atoms with Gasteiger partial charge in [-0.2, -0.15) is 0 Å². The molecule has 1 fully saturated rings. The number of piperidine rings is 1. The van der Waals surface area contributed by atoms with E-state index < -0.39 is 5.54 Å². The van der Waals surface area contributed by atoms with E-state index in [1.807, 2.05) is 6.92 Å². The Balaban J connectivity index is 2.18. The lowest BCUT2D eigenvalue weighted by atomic mass is 9.90. The van der Waals surface area contributed by atoms with E-state index in [0.717, 1.165) is 25.8 Å². The minimum atomic E-state index is -0.566. The summed E-state index contributed by atoms with van der Waals surface area (Å²) >= 11 is 6.08. The number of carbonyl (C=O) groups excluding carboxylic acids is 2. The molecule has 1 unspecified atom stereocenters. The monoisotopic (exact) mass is 323 g/mol. The summed E-state index contributed by atoms with van der Waals surface area (Å²) in [6.07, 6.45) is 2.92. The molecule has 6 heteroatoms. The summed E-state index contributed by atoms with van der Waals surface area (Å²) in [5, 5.41) is 6.53. The second-order valence-corrected chi connectivity index (χ2v) is 6.47. The predicted octanol–water partition coefficient (Wildman–Crippen LogP) is 2.51. The molecule has 1 aromatic carbocycles. The SMILES string of the molecule is CN(C)C(=O)c1cc(NC(=O)C2(C)CCCCN2)ccc1Cl. The van der Waals surface area contributed by atoms with Gasteiger partial charge >= 0.3 is 0 Å². The standard InChI is InChI=1S/C16H22ClN3O2/c1-16(8-4-5-9-18-16)15(22)19-11-6-7-13(17)12(10-11)14(21)20(2)3/h6-7,10,18H,4-5,8-9H2,1-3H3,(H,19,22). The first-order valence-electron chi connectivity index (χ1n) is 7.41. The predicted molar refractivity (Wildman–Crippen MR) is 88.4 cm³/mol. The van der Waals surface area contributed by atoms with Crippen LogP contribution in [0.4, 0.5) is 5.69 Å². The summed E-state index contributed by atoms with van der Waals surface area (Å²) in [4.78, 5) is 26.0. The number of hydrogen-bond donors (Lipinski definition) is 2. The van der Waals surface area contributed by atoms with Crippen LogP contribution in [0.3, 0.4) is 0 Å². The molecular formula is C16H22ClN3O2. The summed E-state index contributed by atoms with van der Waals surface area (Å²) < 4.78 is 0. The Kier molecular flexibility index (Phi) is 5.08. The van der Waals surface area contributed by atoms with Gasteiger partial charge in [-0.1, -0.05) is 11.6 Å². The van der Waals surface area contributed by atoms with Crippen LogP contribution in [0.2, 0.25) is 5.02 Å². The van der Waals surface area contributed by atoms with Crippen LogP contribution in [-0.2, 0) is 4.79 Å². The molecule has 0 aliphatic carbocycles. The van der Waals surface area contributed by atoms with Crippen LogP contribution >= 0.6 is 11.6 Å². The lowest BCUT2D eigenvalue weighted by molar-refractivity contribution is -0.122. The summed E-state index contributed by atoms with van der Waals surface area (Å²) in [6.45, 7) is 2.75. The van der Waals surface area contributed by atoms with Crippen LogP contribution in [0.15, 0.2) is 18.2 Å². The third-order valence-corrected chi connectivity index (χ3v) is 4.31. The Morgan fingerprint density at radius 2 is 2.05 bits per heavy atom. The quantitative estimate of drug-likeness (QED) is 0.898. The summed E-state index contributed by atoms with van der Waals surface area (Å²) in [7, 11) is 3.33. The van der Waals surface area contributed by atoms with Gasteiger partial charge in [-0.3, -0.25) is 9.59 Å². The maximum absolute atomic E-state index is 12.5. The number of carbonyl (C=O) groups is 2. The Bertz CT molecular complexity index is 581. The average molecular weight is 324 g/mol. The molecule has 2 rings (SSSR count). The highest BCUT2D eigenvalue weighted by atomic mass is 35.5. The van der Waals surface area contributed by atoms with Crippen molar-refractivity contribution in [2.75, 3.05) is 26.0 Å².